The zero-order valence-corrected chi connectivity index (χ0v) is 23.2. The second kappa shape index (κ2) is 13.2. The van der Waals surface area contributed by atoms with Crippen LogP contribution in [0.3, 0.4) is 0 Å². The van der Waals surface area contributed by atoms with E-state index in [2.05, 4.69) is 17.1 Å². The number of amides is 1. The maximum absolute atomic E-state index is 13.5. The Balaban J connectivity index is 0.00000400. The molecular weight excluding hydrogens is 544 g/mol. The van der Waals surface area contributed by atoms with Gasteiger partial charge in [0.2, 0.25) is 0 Å². The van der Waals surface area contributed by atoms with Gasteiger partial charge in [0.1, 0.15) is 5.92 Å². The Bertz CT molecular complexity index is 1290. The maximum Gasteiger partial charge on any atom is 0.312 e. The Morgan fingerprint density at radius 1 is 1.08 bits per heavy atom. The molecule has 8 heteroatoms. The molecule has 0 spiro atoms. The van der Waals surface area contributed by atoms with Gasteiger partial charge in [-0.2, -0.15) is 0 Å². The van der Waals surface area contributed by atoms with E-state index in [1.54, 1.807) is 30.3 Å². The first-order chi connectivity index (χ1) is 17.8. The summed E-state index contributed by atoms with van der Waals surface area (Å²) in [6.45, 7) is 5.67. The predicted molar refractivity (Wildman–Crippen MR) is 148 cm³/mol. The second-order valence-electron chi connectivity index (χ2n) is 9.39. The minimum Gasteiger partial charge on any atom is -0.625 e. The SMILES string of the molecule is CCN1CCC[C@]1(C)C(=O)[N-]c1ccc(Cl)cc1C(=NC[C@@H](C(=O)O)c1ccccc1)c1ccccc1.[Ni]. The third-order valence-corrected chi connectivity index (χ3v) is 7.28. The van der Waals surface area contributed by atoms with Crippen molar-refractivity contribution >= 4 is 34.9 Å². The van der Waals surface area contributed by atoms with E-state index in [9.17, 15) is 14.7 Å². The summed E-state index contributed by atoms with van der Waals surface area (Å²) in [5.74, 6) is -1.98. The fraction of sp³-hybridized carbons (Fsp3) is 0.300. The van der Waals surface area contributed by atoms with Crippen LogP contribution in [0.25, 0.3) is 5.32 Å². The molecule has 1 aliphatic rings. The summed E-state index contributed by atoms with van der Waals surface area (Å²) < 4.78 is 0. The van der Waals surface area contributed by atoms with E-state index in [0.29, 0.717) is 27.5 Å². The van der Waals surface area contributed by atoms with Gasteiger partial charge in [0.05, 0.1) is 23.7 Å². The van der Waals surface area contributed by atoms with E-state index in [1.165, 1.54) is 0 Å². The minimum absolute atomic E-state index is 0. The molecule has 0 aliphatic carbocycles. The predicted octanol–water partition coefficient (Wildman–Crippen LogP) is 6.45. The van der Waals surface area contributed by atoms with Gasteiger partial charge < -0.3 is 15.2 Å². The molecular formula is C30H31ClN3NiO3-. The Kier molecular flexibility index (Phi) is 10.3. The number of nitrogens with zero attached hydrogens (tertiary/aromatic N) is 3. The smallest absolute Gasteiger partial charge is 0.312 e. The van der Waals surface area contributed by atoms with Crippen LogP contribution >= 0.6 is 11.6 Å². The summed E-state index contributed by atoms with van der Waals surface area (Å²) in [6, 6.07) is 23.7. The van der Waals surface area contributed by atoms with Gasteiger partial charge in [-0.1, -0.05) is 85.3 Å². The van der Waals surface area contributed by atoms with Gasteiger partial charge in [0.25, 0.3) is 0 Å². The number of carboxylic acids is 1. The molecule has 0 bridgehead atoms. The number of benzene rings is 3. The topological polar surface area (TPSA) is 84.1 Å². The molecule has 1 heterocycles. The van der Waals surface area contributed by atoms with Gasteiger partial charge in [0.15, 0.2) is 0 Å². The number of carbonyl (C=O) groups is 2. The molecule has 1 N–H and O–H groups in total. The number of aliphatic imine (C=N–C) groups is 1. The van der Waals surface area contributed by atoms with Gasteiger partial charge >= 0.3 is 5.97 Å². The Morgan fingerprint density at radius 2 is 1.74 bits per heavy atom. The Labute approximate surface area is 239 Å². The largest absolute Gasteiger partial charge is 0.625 e. The first kappa shape index (κ1) is 29.6. The van der Waals surface area contributed by atoms with Crippen LogP contribution in [0.1, 0.15) is 49.3 Å². The number of likely N-dealkylation sites (N-methyl/N-ethyl adjacent to an activating group) is 1. The van der Waals surface area contributed by atoms with E-state index in [1.807, 2.05) is 55.5 Å². The van der Waals surface area contributed by atoms with Crippen molar-refractivity contribution in [2.45, 2.75) is 38.1 Å². The standard InChI is InChI=1S/C30H32ClN3O3.Ni/c1-3-34-18-10-17-30(34,2)29(37)33-26-16-15-23(31)19-24(26)27(22-13-8-5-9-14-22)32-20-25(28(35)36)21-11-6-4-7-12-21;/h4-9,11-16,19,25H,3,10,17-18,20H2,1-2H3,(H2,32,33,35,36,37);/p-1/t25-,30-;/m1./s1. The molecule has 0 saturated carbocycles. The number of likely N-dealkylation sites (tertiary alicyclic amines) is 1. The second-order valence-corrected chi connectivity index (χ2v) is 9.83. The zero-order valence-electron chi connectivity index (χ0n) is 21.4. The molecule has 38 heavy (non-hydrogen) atoms. The normalized spacial score (nSPS) is 18.4. The molecule has 202 valence electrons. The zero-order chi connectivity index (χ0) is 26.4. The molecule has 0 unspecified atom stereocenters. The van der Waals surface area contributed by atoms with E-state index >= 15 is 0 Å². The minimum atomic E-state index is -0.956. The Hall–Kier alpha value is -2.99. The van der Waals surface area contributed by atoms with Crippen molar-refractivity contribution in [2.24, 2.45) is 4.99 Å². The molecule has 1 amide bonds. The van der Waals surface area contributed by atoms with Crippen LogP contribution in [-0.4, -0.2) is 52.8 Å². The average molecular weight is 576 g/mol. The fourth-order valence-electron chi connectivity index (χ4n) is 4.92. The van der Waals surface area contributed by atoms with Crippen molar-refractivity contribution in [1.82, 2.24) is 4.90 Å². The number of hydrogen-bond acceptors (Lipinski definition) is 4. The molecule has 4 rings (SSSR count). The van der Waals surface area contributed by atoms with Crippen LogP contribution in [0.4, 0.5) is 5.69 Å². The molecule has 1 saturated heterocycles. The molecule has 2 atom stereocenters. The monoisotopic (exact) mass is 574 g/mol. The molecule has 1 fully saturated rings. The first-order valence-electron chi connectivity index (χ1n) is 12.5. The van der Waals surface area contributed by atoms with E-state index in [0.717, 1.165) is 31.5 Å². The third-order valence-electron chi connectivity index (χ3n) is 7.05. The molecule has 3 aromatic rings. The number of aliphatic carboxylic acids is 1. The van der Waals surface area contributed by atoms with Crippen molar-refractivity contribution < 1.29 is 31.2 Å². The van der Waals surface area contributed by atoms with Gasteiger partial charge in [-0.15, -0.1) is 5.69 Å². The quantitative estimate of drug-likeness (QED) is 0.235. The molecule has 6 nitrogen and oxygen atoms in total. The van der Waals surface area contributed by atoms with Crippen molar-refractivity contribution in [3.8, 4) is 0 Å². The summed E-state index contributed by atoms with van der Waals surface area (Å²) in [5, 5.41) is 15.0. The van der Waals surface area contributed by atoms with Crippen LogP contribution in [-0.2, 0) is 26.1 Å². The number of carboxylic acid groups (broad SMARTS) is 1. The van der Waals surface area contributed by atoms with Gasteiger partial charge in [-0.05, 0) is 56.1 Å². The number of carbonyl (C=O) groups excluding carboxylic acids is 1. The van der Waals surface area contributed by atoms with Crippen LogP contribution in [0.2, 0.25) is 5.02 Å². The van der Waals surface area contributed by atoms with E-state index < -0.39 is 17.4 Å². The van der Waals surface area contributed by atoms with Crippen molar-refractivity contribution in [2.75, 3.05) is 19.6 Å². The molecule has 0 aromatic heterocycles. The van der Waals surface area contributed by atoms with Crippen LogP contribution in [0, 0.1) is 0 Å². The van der Waals surface area contributed by atoms with Crippen molar-refractivity contribution in [3.05, 3.63) is 106 Å². The van der Waals surface area contributed by atoms with Crippen LogP contribution in [0.5, 0.6) is 0 Å². The molecule has 0 radical (unpaired) electrons. The van der Waals surface area contributed by atoms with Gasteiger partial charge in [-0.25, -0.2) is 0 Å². The van der Waals surface area contributed by atoms with Crippen LogP contribution in [0.15, 0.2) is 83.9 Å². The fourth-order valence-corrected chi connectivity index (χ4v) is 5.09. The van der Waals surface area contributed by atoms with Gasteiger partial charge in [0, 0.05) is 27.1 Å². The third kappa shape index (κ3) is 6.52. The first-order valence-corrected chi connectivity index (χ1v) is 12.9. The summed E-state index contributed by atoms with van der Waals surface area (Å²) >= 11 is 6.41. The Morgan fingerprint density at radius 3 is 2.37 bits per heavy atom. The molecule has 3 aromatic carbocycles. The van der Waals surface area contributed by atoms with Crippen molar-refractivity contribution in [1.29, 1.82) is 0 Å². The summed E-state index contributed by atoms with van der Waals surface area (Å²) in [5.41, 5.74) is 2.40. The summed E-state index contributed by atoms with van der Waals surface area (Å²) in [4.78, 5) is 32.6. The average Bonchev–Trinajstić information content (AvgIpc) is 3.30. The van der Waals surface area contributed by atoms with Crippen LogP contribution < -0.4 is 0 Å². The number of rotatable bonds is 9. The number of halogens is 1. The van der Waals surface area contributed by atoms with E-state index in [4.69, 9.17) is 16.6 Å². The molecule has 1 aliphatic heterocycles. The van der Waals surface area contributed by atoms with E-state index in [-0.39, 0.29) is 28.9 Å². The summed E-state index contributed by atoms with van der Waals surface area (Å²) in [7, 11) is 0. The van der Waals surface area contributed by atoms with Crippen molar-refractivity contribution in [3.63, 3.8) is 0 Å². The number of hydrogen-bond donors (Lipinski definition) is 1. The van der Waals surface area contributed by atoms with Gasteiger partial charge in [-0.3, -0.25) is 14.7 Å². The summed E-state index contributed by atoms with van der Waals surface area (Å²) in [6.07, 6.45) is 1.70. The maximum atomic E-state index is 13.5.